The van der Waals surface area contributed by atoms with E-state index in [0.717, 1.165) is 0 Å². The van der Waals surface area contributed by atoms with Crippen LogP contribution in [0.3, 0.4) is 0 Å². The van der Waals surface area contributed by atoms with Crippen molar-refractivity contribution in [1.82, 2.24) is 0 Å². The first-order valence-electron chi connectivity index (χ1n) is 6.33. The molecule has 0 nitrogen and oxygen atoms in total. The number of hydrogen-bond acceptors (Lipinski definition) is 0. The molecule has 0 N–H and O–H groups in total. The van der Waals surface area contributed by atoms with Crippen LogP contribution in [0.15, 0.2) is 48.5 Å². The first kappa shape index (κ1) is 17.2. The zero-order valence-electron chi connectivity index (χ0n) is 12.0. The van der Waals surface area contributed by atoms with Gasteiger partial charge in [0.05, 0.1) is 0 Å². The highest BCUT2D eigenvalue weighted by Crippen LogP contribution is 2.04. The van der Waals surface area contributed by atoms with Crippen LogP contribution in [0.25, 0.3) is 0 Å². The first-order chi connectivity index (χ1) is 8.58. The maximum atomic E-state index is 2.30. The quantitative estimate of drug-likeness (QED) is 0.515. The Morgan fingerprint density at radius 3 is 1.00 bits per heavy atom. The molecule has 0 amide bonds. The molecular weight excluding hydrogens is 331 g/mol. The number of rotatable bonds is 0. The molecule has 0 saturated carbocycles. The van der Waals surface area contributed by atoms with Crippen LogP contribution < -0.4 is 0 Å². The smallest absolute Gasteiger partial charge is 0.0130 e. The molecule has 18 heavy (non-hydrogen) atoms. The van der Waals surface area contributed by atoms with Crippen LogP contribution in [0.4, 0.5) is 0 Å². The van der Waals surface area contributed by atoms with Gasteiger partial charge in [-0.2, -0.15) is 0 Å². The second kappa shape index (κ2) is 10.1. The minimum Gasteiger partial charge on any atom is -0.0683 e. The lowest BCUT2D eigenvalue weighted by molar-refractivity contribution is 1.40. The van der Waals surface area contributed by atoms with Gasteiger partial charge in [-0.1, -0.05) is 66.9 Å². The molecule has 0 fully saturated rings. The summed E-state index contributed by atoms with van der Waals surface area (Å²) in [6.45, 7) is 10.3. The highest BCUT2D eigenvalue weighted by atomic mass is 127. The number of hydrogen-bond donors (Lipinski definition) is 0. The van der Waals surface area contributed by atoms with Crippen molar-refractivity contribution in [1.29, 1.82) is 0 Å². The summed E-state index contributed by atoms with van der Waals surface area (Å²) in [6.07, 6.45) is 0. The second-order valence-corrected chi connectivity index (χ2v) is 5.20. The number of benzene rings is 2. The van der Waals surface area contributed by atoms with E-state index in [0.29, 0.717) is 0 Å². The van der Waals surface area contributed by atoms with Crippen molar-refractivity contribution < 1.29 is 0 Å². The molecule has 0 radical (unpaired) electrons. The van der Waals surface area contributed by atoms with Crippen molar-refractivity contribution in [3.8, 4) is 0 Å². The van der Waals surface area contributed by atoms with Crippen molar-refractivity contribution in [2.75, 3.05) is 0 Å². The van der Waals surface area contributed by atoms with Crippen molar-refractivity contribution in [2.45, 2.75) is 34.6 Å². The Kier molecular flexibility index (Phi) is 9.66. The molecule has 0 spiro atoms. The van der Waals surface area contributed by atoms with Crippen LogP contribution in [0.1, 0.15) is 30.5 Å². The molecule has 0 bridgehead atoms. The van der Waals surface area contributed by atoms with E-state index in [-0.39, 0.29) is 0 Å². The van der Waals surface area contributed by atoms with Crippen LogP contribution in [-0.4, -0.2) is 0 Å². The number of halogens is 1. The monoisotopic (exact) mass is 354 g/mol. The summed E-state index contributed by atoms with van der Waals surface area (Å²) >= 11 is 2.30. The lowest BCUT2D eigenvalue weighted by atomic mass is 10.2. The largest absolute Gasteiger partial charge is 0.0683 e. The SMILES string of the molecule is CC.Cc1ccc(C)cc1.Cc1ccc(I)cc1. The molecule has 0 heterocycles. The van der Waals surface area contributed by atoms with E-state index < -0.39 is 0 Å². The van der Waals surface area contributed by atoms with Gasteiger partial charge < -0.3 is 0 Å². The average Bonchev–Trinajstić information content (AvgIpc) is 2.40. The van der Waals surface area contributed by atoms with Gasteiger partial charge in [-0.05, 0) is 55.5 Å². The predicted octanol–water partition coefficient (Wildman–Crippen LogP) is 5.93. The van der Waals surface area contributed by atoms with Crippen molar-refractivity contribution >= 4 is 22.6 Å². The molecule has 0 atom stereocenters. The van der Waals surface area contributed by atoms with Crippen LogP contribution in [0.2, 0.25) is 0 Å². The maximum absolute atomic E-state index is 2.30. The van der Waals surface area contributed by atoms with Crippen LogP contribution in [0.5, 0.6) is 0 Å². The maximum Gasteiger partial charge on any atom is 0.0130 e. The minimum absolute atomic E-state index is 1.30. The zero-order chi connectivity index (χ0) is 14.0. The van der Waals surface area contributed by atoms with E-state index in [1.165, 1.54) is 20.3 Å². The summed E-state index contributed by atoms with van der Waals surface area (Å²) < 4.78 is 1.30. The van der Waals surface area contributed by atoms with E-state index in [4.69, 9.17) is 0 Å². The van der Waals surface area contributed by atoms with Crippen LogP contribution in [0, 0.1) is 24.3 Å². The zero-order valence-corrected chi connectivity index (χ0v) is 14.2. The van der Waals surface area contributed by atoms with E-state index in [9.17, 15) is 0 Å². The molecule has 0 saturated heterocycles. The van der Waals surface area contributed by atoms with E-state index in [1.54, 1.807) is 0 Å². The second-order valence-electron chi connectivity index (χ2n) is 3.95. The Morgan fingerprint density at radius 2 is 0.778 bits per heavy atom. The molecule has 1 heteroatoms. The molecular formula is C17H23I. The van der Waals surface area contributed by atoms with E-state index >= 15 is 0 Å². The summed E-state index contributed by atoms with van der Waals surface area (Å²) in [5.41, 5.74) is 3.98. The molecule has 2 rings (SSSR count). The van der Waals surface area contributed by atoms with Gasteiger partial charge >= 0.3 is 0 Å². The van der Waals surface area contributed by atoms with Crippen molar-refractivity contribution in [2.24, 2.45) is 0 Å². The Labute approximate surface area is 126 Å². The summed E-state index contributed by atoms with van der Waals surface area (Å²) in [4.78, 5) is 0. The van der Waals surface area contributed by atoms with Crippen LogP contribution >= 0.6 is 22.6 Å². The fourth-order valence-corrected chi connectivity index (χ4v) is 1.53. The Hall–Kier alpha value is -0.830. The third-order valence-electron chi connectivity index (χ3n) is 2.23. The summed E-state index contributed by atoms with van der Waals surface area (Å²) in [7, 11) is 0. The fraction of sp³-hybridized carbons (Fsp3) is 0.294. The Morgan fingerprint density at radius 1 is 0.556 bits per heavy atom. The van der Waals surface area contributed by atoms with Gasteiger partial charge in [0.2, 0.25) is 0 Å². The predicted molar refractivity (Wildman–Crippen MR) is 91.2 cm³/mol. The van der Waals surface area contributed by atoms with Gasteiger partial charge in [-0.3, -0.25) is 0 Å². The molecule has 0 aliphatic heterocycles. The molecule has 2 aromatic rings. The third-order valence-corrected chi connectivity index (χ3v) is 2.95. The minimum atomic E-state index is 1.30. The van der Waals surface area contributed by atoms with Crippen molar-refractivity contribution in [3.63, 3.8) is 0 Å². The Bertz CT molecular complexity index is 327. The third kappa shape index (κ3) is 8.29. The molecule has 98 valence electrons. The topological polar surface area (TPSA) is 0 Å². The number of aryl methyl sites for hydroxylation is 3. The highest BCUT2D eigenvalue weighted by Gasteiger charge is 1.81. The highest BCUT2D eigenvalue weighted by molar-refractivity contribution is 14.1. The normalized spacial score (nSPS) is 8.56. The van der Waals surface area contributed by atoms with Gasteiger partial charge in [0.15, 0.2) is 0 Å². The van der Waals surface area contributed by atoms with Gasteiger partial charge in [-0.25, -0.2) is 0 Å². The van der Waals surface area contributed by atoms with E-state index in [2.05, 4.69) is 91.9 Å². The molecule has 0 aliphatic carbocycles. The van der Waals surface area contributed by atoms with Crippen molar-refractivity contribution in [3.05, 3.63) is 68.8 Å². The summed E-state index contributed by atoms with van der Waals surface area (Å²) in [5, 5.41) is 0. The fourth-order valence-electron chi connectivity index (χ4n) is 1.17. The summed E-state index contributed by atoms with van der Waals surface area (Å²) in [5.74, 6) is 0. The van der Waals surface area contributed by atoms with E-state index in [1.807, 2.05) is 13.8 Å². The first-order valence-corrected chi connectivity index (χ1v) is 7.41. The molecule has 0 unspecified atom stereocenters. The summed E-state index contributed by atoms with van der Waals surface area (Å²) in [6, 6.07) is 16.9. The standard InChI is InChI=1S/C8H10.C7H7I.C2H6/c1-7-3-5-8(2)6-4-7;1-6-2-4-7(8)5-3-6;1-2/h3-6H,1-2H3;2-5H,1H3;1-2H3. The average molecular weight is 354 g/mol. The van der Waals surface area contributed by atoms with Crippen LogP contribution in [-0.2, 0) is 0 Å². The Balaban J connectivity index is 0.000000283. The molecule has 0 aliphatic rings. The lowest BCUT2D eigenvalue weighted by Gasteiger charge is -1.90. The van der Waals surface area contributed by atoms with Gasteiger partial charge in [0, 0.05) is 3.57 Å². The lowest BCUT2D eigenvalue weighted by Crippen LogP contribution is -1.70. The van der Waals surface area contributed by atoms with Gasteiger partial charge in [0.25, 0.3) is 0 Å². The van der Waals surface area contributed by atoms with Gasteiger partial charge in [-0.15, -0.1) is 0 Å². The van der Waals surface area contributed by atoms with Gasteiger partial charge in [0.1, 0.15) is 0 Å². The molecule has 2 aromatic carbocycles. The molecule has 0 aromatic heterocycles.